The van der Waals surface area contributed by atoms with Gasteiger partial charge in [0.2, 0.25) is 0 Å². The SMILES string of the molecule is Nc1ccc(-c2ccc(F)c(C(F)(F)F)c2)c(F)c1. The first-order valence-corrected chi connectivity index (χ1v) is 5.21. The van der Waals surface area contributed by atoms with Crippen molar-refractivity contribution in [2.24, 2.45) is 0 Å². The normalized spacial score (nSPS) is 11.6. The summed E-state index contributed by atoms with van der Waals surface area (Å²) in [6, 6.07) is 5.91. The van der Waals surface area contributed by atoms with Crippen molar-refractivity contribution < 1.29 is 22.0 Å². The molecular weight excluding hydrogens is 265 g/mol. The smallest absolute Gasteiger partial charge is 0.399 e. The molecule has 0 aliphatic rings. The molecule has 0 atom stereocenters. The second-order valence-corrected chi connectivity index (χ2v) is 3.93. The maximum atomic E-state index is 13.6. The summed E-state index contributed by atoms with van der Waals surface area (Å²) in [6.45, 7) is 0. The number of halogens is 5. The van der Waals surface area contributed by atoms with Gasteiger partial charge in [0.15, 0.2) is 0 Å². The van der Waals surface area contributed by atoms with Crippen LogP contribution in [0.2, 0.25) is 0 Å². The number of hydrogen-bond acceptors (Lipinski definition) is 1. The van der Waals surface area contributed by atoms with Crippen LogP contribution in [0.4, 0.5) is 27.6 Å². The molecule has 2 aromatic rings. The fourth-order valence-electron chi connectivity index (χ4n) is 1.68. The largest absolute Gasteiger partial charge is 0.419 e. The van der Waals surface area contributed by atoms with E-state index < -0.39 is 23.4 Å². The summed E-state index contributed by atoms with van der Waals surface area (Å²) in [5.41, 5.74) is 3.94. The van der Waals surface area contributed by atoms with Crippen molar-refractivity contribution in [3.63, 3.8) is 0 Å². The monoisotopic (exact) mass is 273 g/mol. The van der Waals surface area contributed by atoms with Crippen LogP contribution in [0, 0.1) is 11.6 Å². The molecule has 2 rings (SSSR count). The second-order valence-electron chi connectivity index (χ2n) is 3.93. The Balaban J connectivity index is 2.58. The van der Waals surface area contributed by atoms with Gasteiger partial charge in [-0.05, 0) is 35.9 Å². The Hall–Kier alpha value is -2.11. The molecule has 2 N–H and O–H groups in total. The third kappa shape index (κ3) is 2.67. The molecule has 19 heavy (non-hydrogen) atoms. The maximum Gasteiger partial charge on any atom is 0.419 e. The Kier molecular flexibility index (Phi) is 3.18. The fourth-order valence-corrected chi connectivity index (χ4v) is 1.68. The Labute approximate surface area is 105 Å². The van der Waals surface area contributed by atoms with Gasteiger partial charge in [-0.3, -0.25) is 0 Å². The highest BCUT2D eigenvalue weighted by molar-refractivity contribution is 5.67. The van der Waals surface area contributed by atoms with Crippen LogP contribution in [-0.4, -0.2) is 0 Å². The molecule has 6 heteroatoms. The summed E-state index contributed by atoms with van der Waals surface area (Å²) in [4.78, 5) is 0. The summed E-state index contributed by atoms with van der Waals surface area (Å²) < 4.78 is 64.4. The number of anilines is 1. The number of nitrogen functional groups attached to an aromatic ring is 1. The summed E-state index contributed by atoms with van der Waals surface area (Å²) >= 11 is 0. The van der Waals surface area contributed by atoms with Crippen molar-refractivity contribution in [1.82, 2.24) is 0 Å². The van der Waals surface area contributed by atoms with Gasteiger partial charge in [0.25, 0.3) is 0 Å². The zero-order valence-corrected chi connectivity index (χ0v) is 9.43. The standard InChI is InChI=1S/C13H8F5N/c14-11-4-1-7(5-10(11)13(16,17)18)9-3-2-8(19)6-12(9)15/h1-6H,19H2. The molecule has 0 aliphatic heterocycles. The first kappa shape index (κ1) is 13.3. The van der Waals surface area contributed by atoms with Crippen molar-refractivity contribution >= 4 is 5.69 Å². The van der Waals surface area contributed by atoms with Crippen LogP contribution >= 0.6 is 0 Å². The van der Waals surface area contributed by atoms with Crippen LogP contribution in [-0.2, 0) is 6.18 Å². The lowest BCUT2D eigenvalue weighted by atomic mass is 10.0. The van der Waals surface area contributed by atoms with Crippen LogP contribution in [0.25, 0.3) is 11.1 Å². The molecule has 0 heterocycles. The Morgan fingerprint density at radius 2 is 1.53 bits per heavy atom. The first-order valence-electron chi connectivity index (χ1n) is 5.21. The van der Waals surface area contributed by atoms with Crippen LogP contribution in [0.5, 0.6) is 0 Å². The molecule has 0 radical (unpaired) electrons. The van der Waals surface area contributed by atoms with E-state index in [9.17, 15) is 22.0 Å². The number of benzene rings is 2. The number of alkyl halides is 3. The highest BCUT2D eigenvalue weighted by Crippen LogP contribution is 2.35. The molecule has 100 valence electrons. The lowest BCUT2D eigenvalue weighted by molar-refractivity contribution is -0.139. The van der Waals surface area contributed by atoms with E-state index in [-0.39, 0.29) is 16.8 Å². The lowest BCUT2D eigenvalue weighted by Gasteiger charge is -2.11. The third-order valence-corrected chi connectivity index (χ3v) is 2.58. The highest BCUT2D eigenvalue weighted by atomic mass is 19.4. The highest BCUT2D eigenvalue weighted by Gasteiger charge is 2.34. The van der Waals surface area contributed by atoms with E-state index in [1.165, 1.54) is 12.1 Å². The van der Waals surface area contributed by atoms with Crippen molar-refractivity contribution in [2.45, 2.75) is 6.18 Å². The minimum Gasteiger partial charge on any atom is -0.399 e. The van der Waals surface area contributed by atoms with Crippen LogP contribution in [0.1, 0.15) is 5.56 Å². The number of hydrogen-bond donors (Lipinski definition) is 1. The topological polar surface area (TPSA) is 26.0 Å². The van der Waals surface area contributed by atoms with Crippen LogP contribution in [0.3, 0.4) is 0 Å². The van der Waals surface area contributed by atoms with E-state index in [2.05, 4.69) is 0 Å². The van der Waals surface area contributed by atoms with Gasteiger partial charge < -0.3 is 5.73 Å². The molecule has 1 nitrogen and oxygen atoms in total. The minimum atomic E-state index is -4.83. The predicted molar refractivity (Wildman–Crippen MR) is 61.2 cm³/mol. The van der Waals surface area contributed by atoms with E-state index in [0.717, 1.165) is 12.1 Å². The zero-order valence-electron chi connectivity index (χ0n) is 9.43. The average Bonchev–Trinajstić information content (AvgIpc) is 2.29. The Morgan fingerprint density at radius 3 is 2.11 bits per heavy atom. The quantitative estimate of drug-likeness (QED) is 0.610. The number of rotatable bonds is 1. The first-order chi connectivity index (χ1) is 8.79. The zero-order chi connectivity index (χ0) is 14.2. The van der Waals surface area contributed by atoms with Gasteiger partial charge in [-0.25, -0.2) is 8.78 Å². The molecule has 0 unspecified atom stereocenters. The molecule has 0 aromatic heterocycles. The van der Waals surface area contributed by atoms with Crippen LogP contribution in [0.15, 0.2) is 36.4 Å². The van der Waals surface area contributed by atoms with E-state index in [4.69, 9.17) is 5.73 Å². The molecule has 0 saturated carbocycles. The molecule has 0 bridgehead atoms. The molecule has 2 aromatic carbocycles. The summed E-state index contributed by atoms with van der Waals surface area (Å²) in [5, 5.41) is 0. The molecule has 0 fully saturated rings. The Bertz CT molecular complexity index is 619. The summed E-state index contributed by atoms with van der Waals surface area (Å²) in [7, 11) is 0. The van der Waals surface area contributed by atoms with Gasteiger partial charge in [-0.1, -0.05) is 6.07 Å². The van der Waals surface area contributed by atoms with Crippen molar-refractivity contribution in [3.8, 4) is 11.1 Å². The van der Waals surface area contributed by atoms with Crippen molar-refractivity contribution in [3.05, 3.63) is 53.6 Å². The lowest BCUT2D eigenvalue weighted by Crippen LogP contribution is -2.08. The molecule has 0 amide bonds. The molecule has 0 spiro atoms. The van der Waals surface area contributed by atoms with E-state index in [1.807, 2.05) is 0 Å². The van der Waals surface area contributed by atoms with Crippen LogP contribution < -0.4 is 5.73 Å². The predicted octanol–water partition coefficient (Wildman–Crippen LogP) is 4.23. The van der Waals surface area contributed by atoms with Crippen molar-refractivity contribution in [2.75, 3.05) is 5.73 Å². The Morgan fingerprint density at radius 1 is 0.842 bits per heavy atom. The molecule has 0 saturated heterocycles. The summed E-state index contributed by atoms with van der Waals surface area (Å²) in [6.07, 6.45) is -4.83. The average molecular weight is 273 g/mol. The second kappa shape index (κ2) is 4.53. The maximum absolute atomic E-state index is 13.6. The fraction of sp³-hybridized carbons (Fsp3) is 0.0769. The third-order valence-electron chi connectivity index (χ3n) is 2.58. The van der Waals surface area contributed by atoms with E-state index in [1.54, 1.807) is 0 Å². The van der Waals surface area contributed by atoms with Crippen molar-refractivity contribution in [1.29, 1.82) is 0 Å². The van der Waals surface area contributed by atoms with Gasteiger partial charge >= 0.3 is 6.18 Å². The molecular formula is C13H8F5N. The minimum absolute atomic E-state index is 0.0637. The van der Waals surface area contributed by atoms with E-state index in [0.29, 0.717) is 12.1 Å². The number of nitrogens with two attached hydrogens (primary N) is 1. The molecule has 0 aliphatic carbocycles. The van der Waals surface area contributed by atoms with Gasteiger partial charge in [-0.15, -0.1) is 0 Å². The van der Waals surface area contributed by atoms with Gasteiger partial charge in [0.1, 0.15) is 11.6 Å². The van der Waals surface area contributed by atoms with Gasteiger partial charge in [0, 0.05) is 11.3 Å². The van der Waals surface area contributed by atoms with E-state index >= 15 is 0 Å². The summed E-state index contributed by atoms with van der Waals surface area (Å²) in [5.74, 6) is -2.16. The van der Waals surface area contributed by atoms with Gasteiger partial charge in [-0.2, -0.15) is 13.2 Å². The van der Waals surface area contributed by atoms with Gasteiger partial charge in [0.05, 0.1) is 5.56 Å².